The number of thiocarbonyl (C=S) groups is 1. The number of nitrogens with zero attached hydrogens (tertiary/aromatic N) is 2. The van der Waals surface area contributed by atoms with Crippen molar-refractivity contribution in [2.24, 2.45) is 0 Å². The van der Waals surface area contributed by atoms with E-state index in [0.717, 1.165) is 0 Å². The van der Waals surface area contributed by atoms with Crippen LogP contribution >= 0.6 is 36.4 Å². The van der Waals surface area contributed by atoms with Gasteiger partial charge in [0.05, 0.1) is 26.5 Å². The molecule has 1 aromatic rings. The topological polar surface area (TPSA) is 36.7 Å². The van der Waals surface area contributed by atoms with Gasteiger partial charge >= 0.3 is 6.18 Å². The largest absolute Gasteiger partial charge is 0.417 e. The fourth-order valence-electron chi connectivity index (χ4n) is 1.05. The first-order valence-electron chi connectivity index (χ1n) is 4.12. The minimum Gasteiger partial charge on any atom is -0.257 e. The van der Waals surface area contributed by atoms with Gasteiger partial charge in [0.25, 0.3) is 0 Å². The first-order valence-corrected chi connectivity index (χ1v) is 5.35. The Kier molecular flexibility index (Phi) is 4.36. The zero-order chi connectivity index (χ0) is 13.2. The molecule has 1 heterocycles. The second-order valence-corrected chi connectivity index (χ2v) is 4.62. The number of alkyl halides is 3. The molecule has 0 amide bonds. The molecule has 0 bridgehead atoms. The van der Waals surface area contributed by atoms with Crippen molar-refractivity contribution in [1.82, 2.24) is 4.98 Å². The van der Waals surface area contributed by atoms with Crippen LogP contribution in [0.1, 0.15) is 17.2 Å². The second kappa shape index (κ2) is 5.21. The molecule has 1 aromatic heterocycles. The van der Waals surface area contributed by atoms with E-state index >= 15 is 0 Å². The van der Waals surface area contributed by atoms with Gasteiger partial charge in [-0.2, -0.15) is 18.4 Å². The summed E-state index contributed by atoms with van der Waals surface area (Å²) in [6.45, 7) is 0. The van der Waals surface area contributed by atoms with Gasteiger partial charge in [-0.1, -0.05) is 23.8 Å². The highest BCUT2D eigenvalue weighted by Gasteiger charge is 2.32. The van der Waals surface area contributed by atoms with Crippen LogP contribution in [0.5, 0.6) is 0 Å². The molecule has 0 saturated carbocycles. The van der Waals surface area contributed by atoms with E-state index in [1.807, 2.05) is 0 Å². The lowest BCUT2D eigenvalue weighted by Gasteiger charge is -2.11. The molecular weight excluding hydrogens is 293 g/mol. The molecule has 0 aliphatic carbocycles. The van der Waals surface area contributed by atoms with E-state index in [1.54, 1.807) is 6.07 Å². The van der Waals surface area contributed by atoms with Gasteiger partial charge in [-0.05, 0) is 6.07 Å². The van der Waals surface area contributed by atoms with Crippen molar-refractivity contribution in [2.45, 2.75) is 12.1 Å². The average Bonchev–Trinajstić information content (AvgIpc) is 2.19. The Morgan fingerprint density at radius 3 is 2.53 bits per heavy atom. The molecule has 0 N–H and O–H groups in total. The molecular formula is C9H4ClF3N2S2. The molecule has 0 saturated heterocycles. The van der Waals surface area contributed by atoms with Crippen molar-refractivity contribution >= 4 is 40.6 Å². The Bertz CT molecular complexity index is 496. The van der Waals surface area contributed by atoms with Crippen LogP contribution in [0, 0.1) is 11.3 Å². The van der Waals surface area contributed by atoms with Crippen LogP contribution in [-0.4, -0.2) is 9.18 Å². The van der Waals surface area contributed by atoms with Crippen molar-refractivity contribution in [3.8, 4) is 6.07 Å². The van der Waals surface area contributed by atoms with Gasteiger partial charge in [0.15, 0.2) is 0 Å². The maximum absolute atomic E-state index is 12.3. The van der Waals surface area contributed by atoms with E-state index in [-0.39, 0.29) is 14.9 Å². The summed E-state index contributed by atoms with van der Waals surface area (Å²) in [6.07, 6.45) is -3.92. The van der Waals surface area contributed by atoms with E-state index in [2.05, 4.69) is 29.8 Å². The molecule has 0 fully saturated rings. The maximum Gasteiger partial charge on any atom is 0.417 e. The summed E-state index contributed by atoms with van der Waals surface area (Å²) < 4.78 is 37.0. The van der Waals surface area contributed by atoms with E-state index < -0.39 is 17.7 Å². The van der Waals surface area contributed by atoms with Gasteiger partial charge < -0.3 is 0 Å². The summed E-state index contributed by atoms with van der Waals surface area (Å²) in [5.74, 6) is -1.01. The fraction of sp³-hybridized carbons (Fsp3) is 0.222. The Hall–Kier alpha value is -0.840. The lowest BCUT2D eigenvalue weighted by Crippen LogP contribution is -2.10. The van der Waals surface area contributed by atoms with Crippen molar-refractivity contribution in [3.05, 3.63) is 28.5 Å². The molecule has 0 unspecified atom stereocenters. The lowest BCUT2D eigenvalue weighted by molar-refractivity contribution is -0.137. The zero-order valence-electron chi connectivity index (χ0n) is 7.99. The molecule has 1 rings (SSSR count). The Labute approximate surface area is 111 Å². The van der Waals surface area contributed by atoms with Crippen LogP contribution in [0.25, 0.3) is 0 Å². The number of nitriles is 1. The average molecular weight is 297 g/mol. The highest BCUT2D eigenvalue weighted by Crippen LogP contribution is 2.33. The standard InChI is InChI=1S/C9H4ClF3N2S2/c10-6-1-4(9(11,12)13)3-15-7(6)5(2-14)8(16)17/h1,3,5H,(H,16,17)/t5-/m0/s1. The Morgan fingerprint density at radius 2 is 2.18 bits per heavy atom. The third-order valence-electron chi connectivity index (χ3n) is 1.85. The van der Waals surface area contributed by atoms with Gasteiger partial charge in [0.2, 0.25) is 0 Å². The summed E-state index contributed by atoms with van der Waals surface area (Å²) in [4.78, 5) is 3.53. The molecule has 0 radical (unpaired) electrons. The summed E-state index contributed by atoms with van der Waals surface area (Å²) in [5, 5.41) is 8.53. The third kappa shape index (κ3) is 3.31. The number of hydrogen-bond acceptors (Lipinski definition) is 3. The Morgan fingerprint density at radius 1 is 1.59 bits per heavy atom. The summed E-state index contributed by atoms with van der Waals surface area (Å²) in [7, 11) is 0. The molecule has 2 nitrogen and oxygen atoms in total. The second-order valence-electron chi connectivity index (χ2n) is 2.99. The molecule has 0 aliphatic heterocycles. The van der Waals surface area contributed by atoms with Crippen LogP contribution in [0.3, 0.4) is 0 Å². The number of thiol groups is 1. The zero-order valence-corrected chi connectivity index (χ0v) is 10.5. The minimum atomic E-state index is -4.53. The SMILES string of the molecule is N#C[C@H](C(=S)S)c1ncc(C(F)(F)F)cc1Cl. The number of halogens is 4. The highest BCUT2D eigenvalue weighted by molar-refractivity contribution is 8.11. The highest BCUT2D eigenvalue weighted by atomic mass is 35.5. The molecule has 17 heavy (non-hydrogen) atoms. The molecule has 90 valence electrons. The predicted octanol–water partition coefficient (Wildman–Crippen LogP) is 3.62. The molecule has 0 aliphatic rings. The van der Waals surface area contributed by atoms with Crippen molar-refractivity contribution in [3.63, 3.8) is 0 Å². The molecule has 0 spiro atoms. The number of rotatable bonds is 2. The Balaban J connectivity index is 3.24. The van der Waals surface area contributed by atoms with Crippen LogP contribution in [-0.2, 0) is 6.18 Å². The minimum absolute atomic E-state index is 0.00154. The van der Waals surface area contributed by atoms with Gasteiger partial charge in [-0.15, -0.1) is 12.6 Å². The third-order valence-corrected chi connectivity index (χ3v) is 2.64. The van der Waals surface area contributed by atoms with Crippen LogP contribution in [0.15, 0.2) is 12.3 Å². The summed E-state index contributed by atoms with van der Waals surface area (Å²) in [5.41, 5.74) is -1.00. The van der Waals surface area contributed by atoms with Gasteiger partial charge in [0.1, 0.15) is 5.92 Å². The quantitative estimate of drug-likeness (QED) is 0.669. The summed E-state index contributed by atoms with van der Waals surface area (Å²) in [6, 6.07) is 2.48. The van der Waals surface area contributed by atoms with Crippen molar-refractivity contribution in [1.29, 1.82) is 5.26 Å². The first-order chi connectivity index (χ1) is 7.77. The molecule has 0 aromatic carbocycles. The predicted molar refractivity (Wildman–Crippen MR) is 64.2 cm³/mol. The molecule has 8 heteroatoms. The normalized spacial score (nSPS) is 12.9. The molecule has 1 atom stereocenters. The lowest BCUT2D eigenvalue weighted by atomic mass is 10.1. The van der Waals surface area contributed by atoms with Crippen molar-refractivity contribution < 1.29 is 13.2 Å². The van der Waals surface area contributed by atoms with E-state index in [9.17, 15) is 13.2 Å². The number of hydrogen-bond donors (Lipinski definition) is 1. The fourth-order valence-corrected chi connectivity index (χ4v) is 1.67. The maximum atomic E-state index is 12.3. The van der Waals surface area contributed by atoms with E-state index in [4.69, 9.17) is 16.9 Å². The van der Waals surface area contributed by atoms with Crippen LogP contribution in [0.2, 0.25) is 5.02 Å². The number of pyridine rings is 1. The smallest absolute Gasteiger partial charge is 0.257 e. The van der Waals surface area contributed by atoms with Crippen molar-refractivity contribution in [2.75, 3.05) is 0 Å². The van der Waals surface area contributed by atoms with Gasteiger partial charge in [-0.25, -0.2) is 0 Å². The summed E-state index contributed by atoms with van der Waals surface area (Å²) >= 11 is 14.1. The van der Waals surface area contributed by atoms with Gasteiger partial charge in [0, 0.05) is 6.20 Å². The van der Waals surface area contributed by atoms with Crippen LogP contribution < -0.4 is 0 Å². The monoisotopic (exact) mass is 296 g/mol. The van der Waals surface area contributed by atoms with E-state index in [0.29, 0.717) is 12.3 Å². The van der Waals surface area contributed by atoms with Gasteiger partial charge in [-0.3, -0.25) is 4.98 Å². The number of aromatic nitrogens is 1. The first kappa shape index (κ1) is 14.2. The van der Waals surface area contributed by atoms with Crippen LogP contribution in [0.4, 0.5) is 13.2 Å². The van der Waals surface area contributed by atoms with E-state index in [1.165, 1.54) is 0 Å².